The van der Waals surface area contributed by atoms with Gasteiger partial charge in [0.05, 0.1) is 12.1 Å². The monoisotopic (exact) mass is 371 g/mol. The lowest BCUT2D eigenvalue weighted by molar-refractivity contribution is 0.0243. The number of hydrogen-bond donors (Lipinski definition) is 2. The summed E-state index contributed by atoms with van der Waals surface area (Å²) in [5, 5.41) is 6.46. The Kier molecular flexibility index (Phi) is 6.20. The number of aliphatic imine (C=N–C) groups is 1. The Bertz CT molecular complexity index is 530. The van der Waals surface area contributed by atoms with Crippen LogP contribution in [0.2, 0.25) is 0 Å². The minimum atomic E-state index is -0.242. The van der Waals surface area contributed by atoms with Crippen LogP contribution in [0.15, 0.2) is 27.7 Å². The first-order chi connectivity index (χ1) is 10.5. The van der Waals surface area contributed by atoms with Gasteiger partial charge in [0.2, 0.25) is 0 Å². The van der Waals surface area contributed by atoms with E-state index in [-0.39, 0.29) is 18.0 Å². The Hall–Kier alpha value is -1.14. The van der Waals surface area contributed by atoms with E-state index in [0.29, 0.717) is 18.1 Å². The summed E-state index contributed by atoms with van der Waals surface area (Å²) in [5.41, 5.74) is 0.423. The summed E-state index contributed by atoms with van der Waals surface area (Å²) in [5.74, 6) is 0.437. The van der Waals surface area contributed by atoms with E-state index in [4.69, 9.17) is 4.74 Å². The van der Waals surface area contributed by atoms with Gasteiger partial charge >= 0.3 is 0 Å². The van der Waals surface area contributed by atoms with Crippen molar-refractivity contribution in [3.63, 3.8) is 0 Å². The molecular weight excluding hydrogens is 349 g/mol. The summed E-state index contributed by atoms with van der Waals surface area (Å²) in [6, 6.07) is 4.89. The van der Waals surface area contributed by atoms with E-state index in [1.807, 2.05) is 6.92 Å². The quantitative estimate of drug-likeness (QED) is 0.616. The minimum Gasteiger partial charge on any atom is -0.373 e. The van der Waals surface area contributed by atoms with E-state index >= 15 is 0 Å². The van der Waals surface area contributed by atoms with Crippen LogP contribution in [0.3, 0.4) is 0 Å². The molecule has 0 aliphatic carbocycles. The third-order valence-corrected chi connectivity index (χ3v) is 4.18. The second-order valence-electron chi connectivity index (χ2n) is 5.69. The largest absolute Gasteiger partial charge is 0.373 e. The van der Waals surface area contributed by atoms with Crippen molar-refractivity contribution in [2.45, 2.75) is 38.8 Å². The number of nitrogens with one attached hydrogen (secondary N) is 2. The van der Waals surface area contributed by atoms with Crippen molar-refractivity contribution < 1.29 is 9.13 Å². The minimum absolute atomic E-state index is 0.142. The molecule has 22 heavy (non-hydrogen) atoms. The summed E-state index contributed by atoms with van der Waals surface area (Å²) in [6.45, 7) is 6.66. The van der Waals surface area contributed by atoms with Crippen molar-refractivity contribution in [2.24, 2.45) is 4.99 Å². The van der Waals surface area contributed by atoms with Gasteiger partial charge < -0.3 is 15.4 Å². The van der Waals surface area contributed by atoms with Crippen LogP contribution in [0.4, 0.5) is 4.39 Å². The van der Waals surface area contributed by atoms with Crippen molar-refractivity contribution in [1.29, 1.82) is 0 Å². The van der Waals surface area contributed by atoms with Gasteiger partial charge in [0.1, 0.15) is 5.82 Å². The Labute approximate surface area is 139 Å². The van der Waals surface area contributed by atoms with Crippen LogP contribution in [-0.4, -0.2) is 31.3 Å². The van der Waals surface area contributed by atoms with E-state index in [2.05, 4.69) is 38.5 Å². The molecule has 1 aromatic rings. The SMILES string of the molecule is CCNC(=NCc1cc(Br)ccc1F)NCC1(C)CCCO1. The molecule has 0 radical (unpaired) electrons. The van der Waals surface area contributed by atoms with Crippen LogP contribution in [0.25, 0.3) is 0 Å². The highest BCUT2D eigenvalue weighted by Crippen LogP contribution is 2.23. The number of rotatable bonds is 5. The Morgan fingerprint density at radius 1 is 1.45 bits per heavy atom. The average molecular weight is 372 g/mol. The van der Waals surface area contributed by atoms with Crippen molar-refractivity contribution in [1.82, 2.24) is 10.6 Å². The molecule has 122 valence electrons. The molecule has 0 spiro atoms. The van der Waals surface area contributed by atoms with E-state index in [1.54, 1.807) is 12.1 Å². The Morgan fingerprint density at radius 2 is 2.27 bits per heavy atom. The van der Waals surface area contributed by atoms with E-state index in [9.17, 15) is 4.39 Å². The molecule has 1 heterocycles. The Balaban J connectivity index is 1.98. The standard InChI is InChI=1S/C16H23BrFN3O/c1-3-19-15(21-11-16(2)7-4-8-22-16)20-10-12-9-13(17)5-6-14(12)18/h5-6,9H,3-4,7-8,10-11H2,1-2H3,(H2,19,20,21). The van der Waals surface area contributed by atoms with E-state index < -0.39 is 0 Å². The highest BCUT2D eigenvalue weighted by atomic mass is 79.9. The van der Waals surface area contributed by atoms with Crippen molar-refractivity contribution in [3.8, 4) is 0 Å². The number of guanidine groups is 1. The molecule has 0 bridgehead atoms. The molecule has 0 aromatic heterocycles. The molecule has 1 aliphatic heterocycles. The van der Waals surface area contributed by atoms with Crippen LogP contribution in [0, 0.1) is 5.82 Å². The third-order valence-electron chi connectivity index (χ3n) is 3.69. The molecule has 1 aliphatic rings. The lowest BCUT2D eigenvalue weighted by atomic mass is 10.0. The summed E-state index contributed by atoms with van der Waals surface area (Å²) >= 11 is 3.35. The maximum Gasteiger partial charge on any atom is 0.191 e. The molecule has 6 heteroatoms. The smallest absolute Gasteiger partial charge is 0.191 e. The molecule has 2 N–H and O–H groups in total. The van der Waals surface area contributed by atoms with Gasteiger partial charge in [0, 0.05) is 29.7 Å². The van der Waals surface area contributed by atoms with Crippen LogP contribution in [-0.2, 0) is 11.3 Å². The van der Waals surface area contributed by atoms with Crippen LogP contribution in [0.5, 0.6) is 0 Å². The summed E-state index contributed by atoms with van der Waals surface area (Å²) in [6.07, 6.45) is 2.13. The average Bonchev–Trinajstić information content (AvgIpc) is 2.92. The zero-order valence-electron chi connectivity index (χ0n) is 13.1. The fourth-order valence-corrected chi connectivity index (χ4v) is 2.83. The molecular formula is C16H23BrFN3O. The van der Waals surface area contributed by atoms with Crippen LogP contribution in [0.1, 0.15) is 32.3 Å². The van der Waals surface area contributed by atoms with E-state index in [0.717, 1.165) is 30.5 Å². The first-order valence-corrected chi connectivity index (χ1v) is 8.42. The van der Waals surface area contributed by atoms with Gasteiger partial charge in [-0.2, -0.15) is 0 Å². The zero-order chi connectivity index (χ0) is 16.0. The summed E-state index contributed by atoms with van der Waals surface area (Å²) in [7, 11) is 0. The predicted molar refractivity (Wildman–Crippen MR) is 90.5 cm³/mol. The maximum absolute atomic E-state index is 13.7. The molecule has 1 fully saturated rings. The molecule has 1 aromatic carbocycles. The van der Waals surface area contributed by atoms with Crippen LogP contribution >= 0.6 is 15.9 Å². The van der Waals surface area contributed by atoms with Gasteiger partial charge in [0.25, 0.3) is 0 Å². The van der Waals surface area contributed by atoms with Gasteiger partial charge in [-0.05, 0) is 44.9 Å². The molecule has 0 amide bonds. The second kappa shape index (κ2) is 7.92. The van der Waals surface area contributed by atoms with Crippen LogP contribution < -0.4 is 10.6 Å². The number of ether oxygens (including phenoxy) is 1. The van der Waals surface area contributed by atoms with Crippen molar-refractivity contribution in [3.05, 3.63) is 34.1 Å². The number of hydrogen-bond acceptors (Lipinski definition) is 2. The van der Waals surface area contributed by atoms with Crippen molar-refractivity contribution >= 4 is 21.9 Å². The molecule has 2 rings (SSSR count). The molecule has 0 saturated carbocycles. The normalized spacial score (nSPS) is 21.9. The molecule has 1 saturated heterocycles. The molecule has 1 atom stereocenters. The first-order valence-electron chi connectivity index (χ1n) is 7.62. The first kappa shape index (κ1) is 17.2. The topological polar surface area (TPSA) is 45.7 Å². The fraction of sp³-hybridized carbons (Fsp3) is 0.562. The van der Waals surface area contributed by atoms with Gasteiger partial charge in [-0.15, -0.1) is 0 Å². The fourth-order valence-electron chi connectivity index (χ4n) is 2.42. The van der Waals surface area contributed by atoms with Gasteiger partial charge in [-0.3, -0.25) is 0 Å². The summed E-state index contributed by atoms with van der Waals surface area (Å²) in [4.78, 5) is 4.46. The highest BCUT2D eigenvalue weighted by Gasteiger charge is 2.29. The lowest BCUT2D eigenvalue weighted by Crippen LogP contribution is -2.45. The molecule has 4 nitrogen and oxygen atoms in total. The maximum atomic E-state index is 13.7. The van der Waals surface area contributed by atoms with E-state index in [1.165, 1.54) is 6.07 Å². The Morgan fingerprint density at radius 3 is 2.95 bits per heavy atom. The van der Waals surface area contributed by atoms with Crippen molar-refractivity contribution in [2.75, 3.05) is 19.7 Å². The predicted octanol–water partition coefficient (Wildman–Crippen LogP) is 3.21. The van der Waals surface area contributed by atoms with Gasteiger partial charge in [-0.25, -0.2) is 9.38 Å². The van der Waals surface area contributed by atoms with Gasteiger partial charge in [0.15, 0.2) is 5.96 Å². The zero-order valence-corrected chi connectivity index (χ0v) is 14.7. The third kappa shape index (κ3) is 4.95. The second-order valence-corrected chi connectivity index (χ2v) is 6.60. The number of halogens is 2. The lowest BCUT2D eigenvalue weighted by Gasteiger charge is -2.24. The number of benzene rings is 1. The molecule has 1 unspecified atom stereocenters. The summed E-state index contributed by atoms with van der Waals surface area (Å²) < 4.78 is 20.4. The van der Waals surface area contributed by atoms with Gasteiger partial charge in [-0.1, -0.05) is 15.9 Å². The highest BCUT2D eigenvalue weighted by molar-refractivity contribution is 9.10. The number of nitrogens with zero attached hydrogens (tertiary/aromatic N) is 1.